The number of hydrogen-bond acceptors (Lipinski definition) is 3. The second kappa shape index (κ2) is 9.34. The van der Waals surface area contributed by atoms with Crippen molar-refractivity contribution in [2.75, 3.05) is 17.2 Å². The molecule has 1 aromatic rings. The van der Waals surface area contributed by atoms with Crippen molar-refractivity contribution in [2.45, 2.75) is 70.5 Å². The lowest BCUT2D eigenvalue weighted by atomic mass is 9.53. The minimum Gasteiger partial charge on any atom is -0.330 e. The van der Waals surface area contributed by atoms with E-state index in [0.29, 0.717) is 10.8 Å². The van der Waals surface area contributed by atoms with Crippen LogP contribution in [0.1, 0.15) is 58.8 Å². The lowest BCUT2D eigenvalue weighted by molar-refractivity contribution is -0.117. The minimum absolute atomic E-state index is 0. The molecule has 8 heteroatoms. The number of halogens is 3. The molecule has 0 N–H and O–H groups in total. The number of benzene rings is 1. The summed E-state index contributed by atoms with van der Waals surface area (Å²) in [6, 6.07) is 4.41. The molecule has 1 aromatic carbocycles. The summed E-state index contributed by atoms with van der Waals surface area (Å²) in [5, 5.41) is 1.47. The van der Waals surface area contributed by atoms with E-state index in [1.807, 2.05) is 0 Å². The van der Waals surface area contributed by atoms with E-state index >= 15 is 0 Å². The number of carbonyl (C=O) groups excluding carboxylic acids is 1. The van der Waals surface area contributed by atoms with Crippen LogP contribution in [0.5, 0.6) is 0 Å². The molecule has 32 heavy (non-hydrogen) atoms. The number of nitrogens with zero attached hydrogens (tertiary/aromatic N) is 3. The molecule has 4 nitrogen and oxygen atoms in total. The molecule has 0 radical (unpaired) electrons. The maximum absolute atomic E-state index is 14.7. The second-order valence-electron chi connectivity index (χ2n) is 10.0. The molecule has 1 heterocycles. The standard InChI is InChI=1S/C24H31ClFN3OS.ClH/c1-3-6-28-22(29(15(2)30)21-10-19(25)4-5-20(21)26)14-31-23(28)27-24-11-16-7-17(12-24)9-18(8-16)13-24;/h4-5,10,16-18,22H,3,6-9,11-14H2,1-2H3;1H. The summed E-state index contributed by atoms with van der Waals surface area (Å²) < 4.78 is 14.7. The molecule has 1 atom stereocenters. The summed E-state index contributed by atoms with van der Waals surface area (Å²) >= 11 is 7.88. The van der Waals surface area contributed by atoms with Gasteiger partial charge in [0.15, 0.2) is 5.17 Å². The van der Waals surface area contributed by atoms with Gasteiger partial charge in [0.05, 0.1) is 11.2 Å². The Hall–Kier alpha value is -0.980. The van der Waals surface area contributed by atoms with Crippen LogP contribution in [0.2, 0.25) is 5.02 Å². The predicted molar refractivity (Wildman–Crippen MR) is 133 cm³/mol. The van der Waals surface area contributed by atoms with Crippen LogP contribution in [0.25, 0.3) is 0 Å². The summed E-state index contributed by atoms with van der Waals surface area (Å²) in [4.78, 5) is 22.0. The second-order valence-corrected chi connectivity index (χ2v) is 11.4. The Morgan fingerprint density at radius 2 is 1.88 bits per heavy atom. The van der Waals surface area contributed by atoms with E-state index in [0.717, 1.165) is 35.9 Å². The zero-order chi connectivity index (χ0) is 21.8. The molecule has 6 rings (SSSR count). The van der Waals surface area contributed by atoms with Crippen molar-refractivity contribution in [3.05, 3.63) is 29.0 Å². The molecule has 5 fully saturated rings. The molecule has 4 saturated carbocycles. The highest BCUT2D eigenvalue weighted by atomic mass is 35.5. The zero-order valence-corrected chi connectivity index (χ0v) is 21.1. The molecule has 1 aliphatic heterocycles. The lowest BCUT2D eigenvalue weighted by Crippen LogP contribution is -2.52. The van der Waals surface area contributed by atoms with E-state index in [4.69, 9.17) is 16.6 Å². The Bertz CT molecular complexity index is 876. The van der Waals surface area contributed by atoms with Crippen molar-refractivity contribution in [1.82, 2.24) is 4.90 Å². The molecule has 1 unspecified atom stereocenters. The molecule has 1 saturated heterocycles. The highest BCUT2D eigenvalue weighted by molar-refractivity contribution is 8.14. The van der Waals surface area contributed by atoms with E-state index in [9.17, 15) is 9.18 Å². The van der Waals surface area contributed by atoms with E-state index < -0.39 is 5.82 Å². The van der Waals surface area contributed by atoms with Crippen molar-refractivity contribution in [2.24, 2.45) is 22.7 Å². The highest BCUT2D eigenvalue weighted by Crippen LogP contribution is 2.57. The first kappa shape index (κ1) is 24.2. The average Bonchev–Trinajstić information content (AvgIpc) is 3.05. The van der Waals surface area contributed by atoms with Crippen LogP contribution in [0, 0.1) is 23.6 Å². The molecule has 1 amide bonds. The van der Waals surface area contributed by atoms with Gasteiger partial charge in [-0.15, -0.1) is 12.4 Å². The molecule has 0 spiro atoms. The summed E-state index contributed by atoms with van der Waals surface area (Å²) in [6.45, 7) is 4.44. The number of rotatable bonds is 5. The van der Waals surface area contributed by atoms with Gasteiger partial charge in [0.1, 0.15) is 12.0 Å². The van der Waals surface area contributed by atoms with Gasteiger partial charge in [-0.1, -0.05) is 30.3 Å². The van der Waals surface area contributed by atoms with Crippen LogP contribution < -0.4 is 4.90 Å². The molecule has 0 aromatic heterocycles. The quantitative estimate of drug-likeness (QED) is 0.472. The monoisotopic (exact) mass is 499 g/mol. The van der Waals surface area contributed by atoms with E-state index in [2.05, 4.69) is 11.8 Å². The average molecular weight is 501 g/mol. The number of carbonyl (C=O) groups is 1. The van der Waals surface area contributed by atoms with Crippen molar-refractivity contribution in [1.29, 1.82) is 0 Å². The SMILES string of the molecule is CCCN1C(=NC23CC4CC(CC(C4)C2)C3)SCC1N(C(C)=O)c1cc(Cl)ccc1F.Cl. The first-order valence-electron chi connectivity index (χ1n) is 11.6. The Morgan fingerprint density at radius 1 is 1.25 bits per heavy atom. The predicted octanol–water partition coefficient (Wildman–Crippen LogP) is 6.36. The van der Waals surface area contributed by atoms with E-state index in [1.54, 1.807) is 22.7 Å². The van der Waals surface area contributed by atoms with Crippen LogP contribution in [0.3, 0.4) is 0 Å². The third kappa shape index (κ3) is 4.39. The number of anilines is 1. The van der Waals surface area contributed by atoms with Crippen LogP contribution in [0.4, 0.5) is 10.1 Å². The van der Waals surface area contributed by atoms with Gasteiger partial charge in [-0.3, -0.25) is 14.7 Å². The number of amides is 1. The van der Waals surface area contributed by atoms with Crippen LogP contribution >= 0.6 is 35.8 Å². The first-order valence-corrected chi connectivity index (χ1v) is 13.0. The first-order chi connectivity index (χ1) is 14.9. The van der Waals surface area contributed by atoms with Crippen LogP contribution in [-0.4, -0.2) is 40.0 Å². The van der Waals surface area contributed by atoms with E-state index in [1.165, 1.54) is 57.6 Å². The fraction of sp³-hybridized carbons (Fsp3) is 0.667. The maximum atomic E-state index is 14.7. The van der Waals surface area contributed by atoms with Crippen molar-refractivity contribution < 1.29 is 9.18 Å². The Labute approximate surface area is 205 Å². The fourth-order valence-corrected chi connectivity index (χ4v) is 8.29. The van der Waals surface area contributed by atoms with E-state index in [-0.39, 0.29) is 35.7 Å². The van der Waals surface area contributed by atoms with Gasteiger partial charge in [0.2, 0.25) is 5.91 Å². The van der Waals surface area contributed by atoms with Crippen molar-refractivity contribution in [3.63, 3.8) is 0 Å². The van der Waals surface area contributed by atoms with Crippen LogP contribution in [0.15, 0.2) is 23.2 Å². The number of hydrogen-bond donors (Lipinski definition) is 0. The molecular weight excluding hydrogens is 468 g/mol. The van der Waals surface area contributed by atoms with Gasteiger partial charge in [0, 0.05) is 24.2 Å². The van der Waals surface area contributed by atoms with Gasteiger partial charge in [0.25, 0.3) is 0 Å². The van der Waals surface area contributed by atoms with Gasteiger partial charge in [-0.25, -0.2) is 4.39 Å². The highest BCUT2D eigenvalue weighted by Gasteiger charge is 2.52. The molecule has 4 aliphatic carbocycles. The summed E-state index contributed by atoms with van der Waals surface area (Å²) in [6.07, 6.45) is 8.52. The largest absolute Gasteiger partial charge is 0.330 e. The Balaban J connectivity index is 0.00000245. The minimum atomic E-state index is -0.424. The molecule has 4 bridgehead atoms. The smallest absolute Gasteiger partial charge is 0.225 e. The zero-order valence-electron chi connectivity index (χ0n) is 18.7. The normalized spacial score (nSPS) is 34.1. The van der Waals surface area contributed by atoms with Crippen molar-refractivity contribution in [3.8, 4) is 0 Å². The van der Waals surface area contributed by atoms with Gasteiger partial charge >= 0.3 is 0 Å². The summed E-state index contributed by atoms with van der Waals surface area (Å²) in [5.41, 5.74) is 0.336. The number of amidine groups is 1. The third-order valence-corrected chi connectivity index (χ3v) is 8.86. The van der Waals surface area contributed by atoms with Gasteiger partial charge in [-0.2, -0.15) is 0 Å². The fourth-order valence-electron chi connectivity index (χ4n) is 6.86. The summed E-state index contributed by atoms with van der Waals surface area (Å²) in [5.74, 6) is 2.61. The lowest BCUT2D eigenvalue weighted by Gasteiger charge is -2.55. The third-order valence-electron chi connectivity index (χ3n) is 7.58. The summed E-state index contributed by atoms with van der Waals surface area (Å²) in [7, 11) is 0. The molecule has 176 valence electrons. The van der Waals surface area contributed by atoms with Crippen molar-refractivity contribution >= 4 is 52.5 Å². The molecular formula is C24H32Cl2FN3OS. The Morgan fingerprint density at radius 3 is 2.44 bits per heavy atom. The van der Waals surface area contributed by atoms with Gasteiger partial charge in [-0.05, 0) is 80.9 Å². The number of aliphatic imine (C=N–C) groups is 1. The Kier molecular flexibility index (Phi) is 7.05. The maximum Gasteiger partial charge on any atom is 0.225 e. The van der Waals surface area contributed by atoms with Gasteiger partial charge < -0.3 is 4.90 Å². The van der Waals surface area contributed by atoms with Crippen LogP contribution in [-0.2, 0) is 4.79 Å². The number of thioether (sulfide) groups is 1. The molecule has 5 aliphatic rings. The topological polar surface area (TPSA) is 35.9 Å².